The molecule has 10 heteroatoms. The number of aromatic amines is 1. The van der Waals surface area contributed by atoms with Crippen molar-refractivity contribution in [2.24, 2.45) is 13.0 Å². The van der Waals surface area contributed by atoms with E-state index in [1.165, 1.54) is 4.57 Å². The second-order valence-corrected chi connectivity index (χ2v) is 10.1. The van der Waals surface area contributed by atoms with Crippen LogP contribution in [-0.4, -0.2) is 39.3 Å². The third-order valence-corrected chi connectivity index (χ3v) is 7.05. The number of H-pyrrole nitrogens is 1. The Labute approximate surface area is 212 Å². The third-order valence-electron chi connectivity index (χ3n) is 7.05. The summed E-state index contributed by atoms with van der Waals surface area (Å²) in [6.07, 6.45) is 2.22. The van der Waals surface area contributed by atoms with E-state index in [9.17, 15) is 9.59 Å². The predicted octanol–water partition coefficient (Wildman–Crippen LogP) is 3.33. The Morgan fingerprint density at radius 2 is 1.73 bits per heavy atom. The fourth-order valence-electron chi connectivity index (χ4n) is 4.88. The summed E-state index contributed by atoms with van der Waals surface area (Å²) < 4.78 is 4.88. The average molecular weight is 497 g/mol. The number of fused-ring (bicyclic) bond motifs is 1. The van der Waals surface area contributed by atoms with Gasteiger partial charge in [-0.05, 0) is 45.9 Å². The number of nitrogens with one attached hydrogen (secondary N) is 1. The van der Waals surface area contributed by atoms with Crippen LogP contribution in [0.4, 0.5) is 0 Å². The van der Waals surface area contributed by atoms with Crippen molar-refractivity contribution in [3.8, 4) is 22.5 Å². The molecule has 188 valence electrons. The van der Waals surface area contributed by atoms with Crippen molar-refractivity contribution in [3.05, 3.63) is 80.8 Å². The molecule has 0 atom stereocenters. The van der Waals surface area contributed by atoms with Gasteiger partial charge in [-0.25, -0.2) is 14.9 Å². The van der Waals surface area contributed by atoms with Crippen molar-refractivity contribution >= 4 is 11.2 Å². The molecule has 0 saturated heterocycles. The minimum Gasteiger partial charge on any atom is -0.317 e. The zero-order chi connectivity index (χ0) is 25.7. The van der Waals surface area contributed by atoms with Crippen LogP contribution in [0.1, 0.15) is 44.0 Å². The van der Waals surface area contributed by atoms with Crippen molar-refractivity contribution in [3.63, 3.8) is 0 Å². The number of benzene rings is 2. The highest BCUT2D eigenvalue weighted by Crippen LogP contribution is 2.32. The summed E-state index contributed by atoms with van der Waals surface area (Å²) in [5.74, 6) is 1.98. The second-order valence-electron chi connectivity index (χ2n) is 10.1. The molecule has 37 heavy (non-hydrogen) atoms. The average Bonchev–Trinajstić information content (AvgIpc) is 3.40. The van der Waals surface area contributed by atoms with Gasteiger partial charge in [0.05, 0.1) is 0 Å². The van der Waals surface area contributed by atoms with Crippen molar-refractivity contribution in [2.45, 2.75) is 45.7 Å². The van der Waals surface area contributed by atoms with Crippen LogP contribution in [0.2, 0.25) is 0 Å². The van der Waals surface area contributed by atoms with Gasteiger partial charge < -0.3 is 4.57 Å². The Morgan fingerprint density at radius 3 is 2.38 bits per heavy atom. The number of tetrazole rings is 1. The van der Waals surface area contributed by atoms with E-state index in [1.54, 1.807) is 11.6 Å². The summed E-state index contributed by atoms with van der Waals surface area (Å²) >= 11 is 0. The van der Waals surface area contributed by atoms with Gasteiger partial charge in [-0.1, -0.05) is 62.4 Å². The molecular weight excluding hydrogens is 468 g/mol. The van der Waals surface area contributed by atoms with Gasteiger partial charge in [0.1, 0.15) is 5.82 Å². The van der Waals surface area contributed by atoms with Crippen LogP contribution < -0.4 is 11.2 Å². The zero-order valence-electron chi connectivity index (χ0n) is 21.0. The number of hydrogen-bond donors (Lipinski definition) is 1. The van der Waals surface area contributed by atoms with Crippen LogP contribution in [0.15, 0.2) is 58.1 Å². The van der Waals surface area contributed by atoms with E-state index in [-0.39, 0.29) is 17.2 Å². The lowest BCUT2D eigenvalue weighted by molar-refractivity contribution is 0.576. The summed E-state index contributed by atoms with van der Waals surface area (Å²) in [5.41, 5.74) is 4.37. The molecule has 0 bridgehead atoms. The van der Waals surface area contributed by atoms with Gasteiger partial charge in [0.2, 0.25) is 0 Å². The van der Waals surface area contributed by atoms with Crippen LogP contribution in [0.5, 0.6) is 0 Å². The third kappa shape index (κ3) is 4.08. The topological polar surface area (TPSA) is 116 Å². The molecule has 1 aliphatic carbocycles. The number of nitrogens with zero attached hydrogens (tertiary/aromatic N) is 7. The fourth-order valence-corrected chi connectivity index (χ4v) is 4.88. The largest absolute Gasteiger partial charge is 0.332 e. The summed E-state index contributed by atoms with van der Waals surface area (Å²) in [6, 6.07) is 16.2. The van der Waals surface area contributed by atoms with Crippen LogP contribution in [0.3, 0.4) is 0 Å². The van der Waals surface area contributed by atoms with Crippen LogP contribution in [0.25, 0.3) is 33.7 Å². The lowest BCUT2D eigenvalue weighted by Crippen LogP contribution is -2.39. The minimum absolute atomic E-state index is 0.0863. The van der Waals surface area contributed by atoms with Crippen LogP contribution in [-0.2, 0) is 20.1 Å². The molecule has 0 amide bonds. The van der Waals surface area contributed by atoms with E-state index >= 15 is 0 Å². The molecular formula is C27H28N8O2. The Kier molecular flexibility index (Phi) is 5.58. The molecule has 0 unspecified atom stereocenters. The van der Waals surface area contributed by atoms with E-state index in [0.717, 1.165) is 40.9 Å². The maximum atomic E-state index is 13.3. The van der Waals surface area contributed by atoms with Gasteiger partial charge in [0.15, 0.2) is 17.0 Å². The number of aromatic nitrogens is 8. The van der Waals surface area contributed by atoms with E-state index in [4.69, 9.17) is 4.98 Å². The van der Waals surface area contributed by atoms with Crippen molar-refractivity contribution in [2.75, 3.05) is 0 Å². The predicted molar refractivity (Wildman–Crippen MR) is 140 cm³/mol. The normalized spacial score (nSPS) is 13.6. The first kappa shape index (κ1) is 23.1. The number of imidazole rings is 1. The molecule has 2 aromatic carbocycles. The Balaban J connectivity index is 1.42. The lowest BCUT2D eigenvalue weighted by Gasteiger charge is -2.13. The van der Waals surface area contributed by atoms with E-state index < -0.39 is 0 Å². The SMILES string of the molecule is CC(C)c1nc2c(c(=O)n(C)c(=O)n2CC2CC2)n1Cc1ccc(-c2ccccc2-c2nnn[nH]2)cc1. The molecule has 1 aliphatic rings. The quantitative estimate of drug-likeness (QED) is 0.369. The maximum Gasteiger partial charge on any atom is 0.332 e. The molecule has 5 aromatic rings. The van der Waals surface area contributed by atoms with Crippen LogP contribution in [0, 0.1) is 5.92 Å². The molecule has 10 nitrogen and oxygen atoms in total. The van der Waals surface area contributed by atoms with E-state index in [0.29, 0.717) is 36.0 Å². The molecule has 6 rings (SSSR count). The first-order valence-corrected chi connectivity index (χ1v) is 12.5. The monoisotopic (exact) mass is 496 g/mol. The first-order valence-electron chi connectivity index (χ1n) is 12.5. The molecule has 1 saturated carbocycles. The van der Waals surface area contributed by atoms with Gasteiger partial charge in [-0.15, -0.1) is 5.10 Å². The smallest absolute Gasteiger partial charge is 0.317 e. The molecule has 3 aromatic heterocycles. The molecule has 0 spiro atoms. The van der Waals surface area contributed by atoms with Gasteiger partial charge in [-0.2, -0.15) is 0 Å². The van der Waals surface area contributed by atoms with Gasteiger partial charge in [-0.3, -0.25) is 13.9 Å². The lowest BCUT2D eigenvalue weighted by atomic mass is 9.98. The summed E-state index contributed by atoms with van der Waals surface area (Å²) in [6.45, 7) is 5.20. The fraction of sp³-hybridized carbons (Fsp3) is 0.333. The highest BCUT2D eigenvalue weighted by atomic mass is 16.2. The van der Waals surface area contributed by atoms with Crippen molar-refractivity contribution < 1.29 is 0 Å². The number of hydrogen-bond acceptors (Lipinski definition) is 6. The molecule has 1 fully saturated rings. The summed E-state index contributed by atoms with van der Waals surface area (Å²) in [5, 5.41) is 14.3. The Morgan fingerprint density at radius 1 is 1.00 bits per heavy atom. The van der Waals surface area contributed by atoms with Gasteiger partial charge in [0, 0.05) is 31.6 Å². The molecule has 0 aliphatic heterocycles. The van der Waals surface area contributed by atoms with Gasteiger partial charge >= 0.3 is 5.69 Å². The first-order chi connectivity index (χ1) is 17.9. The zero-order valence-corrected chi connectivity index (χ0v) is 21.0. The maximum absolute atomic E-state index is 13.3. The second kappa shape index (κ2) is 8.95. The van der Waals surface area contributed by atoms with Crippen molar-refractivity contribution in [1.82, 2.24) is 39.3 Å². The molecule has 0 radical (unpaired) electrons. The summed E-state index contributed by atoms with van der Waals surface area (Å²) in [4.78, 5) is 31.1. The Hall–Kier alpha value is -4.34. The highest BCUT2D eigenvalue weighted by Gasteiger charge is 2.27. The highest BCUT2D eigenvalue weighted by molar-refractivity contribution is 5.80. The molecule has 1 N–H and O–H groups in total. The van der Waals surface area contributed by atoms with E-state index in [1.807, 2.05) is 28.8 Å². The minimum atomic E-state index is -0.308. The van der Waals surface area contributed by atoms with E-state index in [2.05, 4.69) is 58.7 Å². The Bertz CT molecular complexity index is 1700. The number of rotatable bonds is 7. The molecule has 3 heterocycles. The van der Waals surface area contributed by atoms with Crippen molar-refractivity contribution in [1.29, 1.82) is 0 Å². The van der Waals surface area contributed by atoms with Gasteiger partial charge in [0.25, 0.3) is 5.56 Å². The van der Waals surface area contributed by atoms with Crippen LogP contribution >= 0.6 is 0 Å². The summed E-state index contributed by atoms with van der Waals surface area (Å²) in [7, 11) is 1.55. The standard InChI is InChI=1S/C27H28N8O2/c1-16(2)24-28-25-22(26(36)33(3)27(37)35(25)15-17-8-9-17)34(24)14-18-10-12-19(13-11-18)20-6-4-5-7-21(20)23-29-31-32-30-23/h4-7,10-13,16-17H,8-9,14-15H2,1-3H3,(H,29,30,31,32).